The molecule has 1 aromatic heterocycles. The molecule has 2 N–H and O–H groups in total. The van der Waals surface area contributed by atoms with Gasteiger partial charge in [0, 0.05) is 0 Å². The molecular weight excluding hydrogens is 250 g/mol. The van der Waals surface area contributed by atoms with Crippen molar-refractivity contribution in [3.63, 3.8) is 0 Å². The van der Waals surface area contributed by atoms with Crippen molar-refractivity contribution in [2.45, 2.75) is 12.5 Å². The zero-order valence-corrected chi connectivity index (χ0v) is 10.5. The fourth-order valence-electron chi connectivity index (χ4n) is 1.68. The molecular formula is C13H14ClN3O. The van der Waals surface area contributed by atoms with Crippen LogP contribution in [0.4, 0.5) is 5.82 Å². The molecule has 1 aromatic carbocycles. The van der Waals surface area contributed by atoms with Crippen LogP contribution >= 0.6 is 11.6 Å². The van der Waals surface area contributed by atoms with Crippen molar-refractivity contribution in [2.24, 2.45) is 0 Å². The van der Waals surface area contributed by atoms with Crippen molar-refractivity contribution >= 4 is 17.4 Å². The summed E-state index contributed by atoms with van der Waals surface area (Å²) in [7, 11) is 0. The van der Waals surface area contributed by atoms with Crippen LogP contribution in [0.3, 0.4) is 0 Å². The molecule has 5 heteroatoms. The largest absolute Gasteiger partial charge is 0.394 e. The van der Waals surface area contributed by atoms with E-state index in [9.17, 15) is 5.11 Å². The third-order valence-electron chi connectivity index (χ3n) is 2.50. The molecule has 0 radical (unpaired) electrons. The Morgan fingerprint density at radius 3 is 2.67 bits per heavy atom. The second kappa shape index (κ2) is 6.33. The van der Waals surface area contributed by atoms with Gasteiger partial charge < -0.3 is 10.4 Å². The molecule has 0 aliphatic heterocycles. The number of benzene rings is 1. The van der Waals surface area contributed by atoms with Gasteiger partial charge in [-0.1, -0.05) is 41.9 Å². The zero-order chi connectivity index (χ0) is 12.8. The molecule has 2 rings (SSSR count). The van der Waals surface area contributed by atoms with E-state index in [1.807, 2.05) is 30.3 Å². The van der Waals surface area contributed by atoms with Crippen LogP contribution in [0, 0.1) is 0 Å². The predicted molar refractivity (Wildman–Crippen MR) is 71.7 cm³/mol. The van der Waals surface area contributed by atoms with Gasteiger partial charge in [-0.15, -0.1) is 0 Å². The van der Waals surface area contributed by atoms with Gasteiger partial charge in [-0.3, -0.25) is 4.98 Å². The quantitative estimate of drug-likeness (QED) is 0.868. The van der Waals surface area contributed by atoms with Crippen LogP contribution in [0.1, 0.15) is 5.56 Å². The van der Waals surface area contributed by atoms with Crippen LogP contribution in [0.25, 0.3) is 0 Å². The average Bonchev–Trinajstić information content (AvgIpc) is 2.39. The van der Waals surface area contributed by atoms with E-state index < -0.39 is 0 Å². The number of rotatable bonds is 5. The molecule has 0 saturated carbocycles. The summed E-state index contributed by atoms with van der Waals surface area (Å²) in [4.78, 5) is 8.02. The number of anilines is 1. The molecule has 0 saturated heterocycles. The highest BCUT2D eigenvalue weighted by Crippen LogP contribution is 2.10. The van der Waals surface area contributed by atoms with Crippen LogP contribution in [0.5, 0.6) is 0 Å². The highest BCUT2D eigenvalue weighted by Gasteiger charge is 2.09. The minimum Gasteiger partial charge on any atom is -0.394 e. The minimum absolute atomic E-state index is 0.0170. The van der Waals surface area contributed by atoms with E-state index in [2.05, 4.69) is 15.3 Å². The van der Waals surface area contributed by atoms with Crippen LogP contribution in [0.15, 0.2) is 42.7 Å². The molecule has 1 atom stereocenters. The number of nitrogens with one attached hydrogen (secondary N) is 1. The molecule has 18 heavy (non-hydrogen) atoms. The topological polar surface area (TPSA) is 58.0 Å². The smallest absolute Gasteiger partial charge is 0.149 e. The maximum atomic E-state index is 9.37. The van der Waals surface area contributed by atoms with Gasteiger partial charge in [0.2, 0.25) is 0 Å². The van der Waals surface area contributed by atoms with Gasteiger partial charge in [0.25, 0.3) is 0 Å². The first-order valence-corrected chi connectivity index (χ1v) is 6.04. The standard InChI is InChI=1S/C13H14ClN3O/c14-12-7-15-8-13(17-12)16-11(9-18)6-10-4-2-1-3-5-10/h1-5,7-8,11,18H,6,9H2,(H,16,17). The molecule has 4 nitrogen and oxygen atoms in total. The number of aliphatic hydroxyl groups excluding tert-OH is 1. The van der Waals surface area contributed by atoms with Crippen LogP contribution in [-0.2, 0) is 6.42 Å². The number of nitrogens with zero attached hydrogens (tertiary/aromatic N) is 2. The molecule has 1 unspecified atom stereocenters. The van der Waals surface area contributed by atoms with Crippen LogP contribution in [0.2, 0.25) is 5.15 Å². The Labute approximate surface area is 111 Å². The van der Waals surface area contributed by atoms with E-state index in [-0.39, 0.29) is 12.6 Å². The van der Waals surface area contributed by atoms with Crippen LogP contribution in [-0.4, -0.2) is 27.7 Å². The first kappa shape index (κ1) is 12.8. The third-order valence-corrected chi connectivity index (χ3v) is 2.68. The van der Waals surface area contributed by atoms with E-state index in [1.165, 1.54) is 6.20 Å². The second-order valence-electron chi connectivity index (χ2n) is 3.94. The number of aromatic nitrogens is 2. The predicted octanol–water partition coefficient (Wildman–Crippen LogP) is 2.15. The molecule has 0 spiro atoms. The van der Waals surface area contributed by atoms with E-state index in [0.717, 1.165) is 5.56 Å². The summed E-state index contributed by atoms with van der Waals surface area (Å²) >= 11 is 5.76. The Bertz CT molecular complexity index is 493. The highest BCUT2D eigenvalue weighted by atomic mass is 35.5. The summed E-state index contributed by atoms with van der Waals surface area (Å²) in [6, 6.07) is 9.85. The van der Waals surface area contributed by atoms with Crippen molar-refractivity contribution in [1.82, 2.24) is 9.97 Å². The number of hydrogen-bond acceptors (Lipinski definition) is 4. The average molecular weight is 264 g/mol. The van der Waals surface area contributed by atoms with Crippen molar-refractivity contribution in [3.8, 4) is 0 Å². The lowest BCUT2D eigenvalue weighted by Gasteiger charge is -2.16. The fourth-order valence-corrected chi connectivity index (χ4v) is 1.83. The van der Waals surface area contributed by atoms with Gasteiger partial charge in [0.05, 0.1) is 25.0 Å². The lowest BCUT2D eigenvalue weighted by molar-refractivity contribution is 0.273. The Morgan fingerprint density at radius 1 is 1.22 bits per heavy atom. The molecule has 0 bridgehead atoms. The van der Waals surface area contributed by atoms with E-state index >= 15 is 0 Å². The maximum Gasteiger partial charge on any atom is 0.149 e. The van der Waals surface area contributed by atoms with Gasteiger partial charge in [-0.05, 0) is 12.0 Å². The Hall–Kier alpha value is -1.65. The molecule has 0 aliphatic rings. The van der Waals surface area contributed by atoms with Gasteiger partial charge in [0.1, 0.15) is 11.0 Å². The van der Waals surface area contributed by atoms with E-state index in [0.29, 0.717) is 17.4 Å². The van der Waals surface area contributed by atoms with Crippen LogP contribution < -0.4 is 5.32 Å². The number of aliphatic hydroxyl groups is 1. The monoisotopic (exact) mass is 263 g/mol. The summed E-state index contributed by atoms with van der Waals surface area (Å²) in [6.45, 7) is 0.0170. The lowest BCUT2D eigenvalue weighted by Crippen LogP contribution is -2.26. The second-order valence-corrected chi connectivity index (χ2v) is 4.33. The first-order valence-electron chi connectivity index (χ1n) is 5.67. The Kier molecular flexibility index (Phi) is 4.50. The molecule has 0 aliphatic carbocycles. The summed E-state index contributed by atoms with van der Waals surface area (Å²) in [6.07, 6.45) is 3.77. The van der Waals surface area contributed by atoms with Gasteiger partial charge in [0.15, 0.2) is 0 Å². The molecule has 1 heterocycles. The molecule has 0 amide bonds. The minimum atomic E-state index is -0.111. The number of halogens is 1. The molecule has 0 fully saturated rings. The summed E-state index contributed by atoms with van der Waals surface area (Å²) in [5.41, 5.74) is 1.15. The van der Waals surface area contributed by atoms with Gasteiger partial charge in [-0.25, -0.2) is 4.98 Å². The van der Waals surface area contributed by atoms with Crippen molar-refractivity contribution in [3.05, 3.63) is 53.4 Å². The molecule has 2 aromatic rings. The SMILES string of the molecule is OCC(Cc1ccccc1)Nc1cncc(Cl)n1. The van der Waals surface area contributed by atoms with Crippen molar-refractivity contribution in [1.29, 1.82) is 0 Å². The van der Waals surface area contributed by atoms with E-state index in [1.54, 1.807) is 6.20 Å². The zero-order valence-electron chi connectivity index (χ0n) is 9.75. The van der Waals surface area contributed by atoms with Crippen molar-refractivity contribution in [2.75, 3.05) is 11.9 Å². The normalized spacial score (nSPS) is 12.1. The highest BCUT2D eigenvalue weighted by molar-refractivity contribution is 6.29. The van der Waals surface area contributed by atoms with E-state index in [4.69, 9.17) is 11.6 Å². The Morgan fingerprint density at radius 2 is 2.00 bits per heavy atom. The number of hydrogen-bond donors (Lipinski definition) is 2. The van der Waals surface area contributed by atoms with Crippen molar-refractivity contribution < 1.29 is 5.11 Å². The first-order chi connectivity index (χ1) is 8.78. The summed E-state index contributed by atoms with van der Waals surface area (Å²) in [5, 5.41) is 12.8. The maximum absolute atomic E-state index is 9.37. The summed E-state index contributed by atoms with van der Waals surface area (Å²) in [5.74, 6) is 0.567. The molecule has 94 valence electrons. The summed E-state index contributed by atoms with van der Waals surface area (Å²) < 4.78 is 0. The lowest BCUT2D eigenvalue weighted by atomic mass is 10.1. The van der Waals surface area contributed by atoms with Gasteiger partial charge >= 0.3 is 0 Å². The fraction of sp³-hybridized carbons (Fsp3) is 0.231. The Balaban J connectivity index is 2.01. The van der Waals surface area contributed by atoms with Gasteiger partial charge in [-0.2, -0.15) is 0 Å². The third kappa shape index (κ3) is 3.68.